The first-order chi connectivity index (χ1) is 8.08. The molecule has 0 saturated heterocycles. The van der Waals surface area contributed by atoms with E-state index in [1.54, 1.807) is 6.20 Å². The van der Waals surface area contributed by atoms with Crippen LogP contribution in [0.1, 0.15) is 37.3 Å². The van der Waals surface area contributed by atoms with Crippen LogP contribution in [-0.4, -0.2) is 16.5 Å². The second kappa shape index (κ2) is 4.61. The summed E-state index contributed by atoms with van der Waals surface area (Å²) in [5.74, 6) is 0.831. The highest BCUT2D eigenvalue weighted by molar-refractivity contribution is 7.80. The van der Waals surface area contributed by atoms with Crippen LogP contribution < -0.4 is 11.1 Å². The second-order valence-corrected chi connectivity index (χ2v) is 5.36. The summed E-state index contributed by atoms with van der Waals surface area (Å²) in [6.45, 7) is 5.22. The Morgan fingerprint density at radius 2 is 2.29 bits per heavy atom. The molecule has 0 unspecified atom stereocenters. The fourth-order valence-electron chi connectivity index (χ4n) is 2.11. The monoisotopic (exact) mass is 249 g/mol. The van der Waals surface area contributed by atoms with Crippen LogP contribution in [0.4, 0.5) is 5.82 Å². The molecule has 0 atom stereocenters. The van der Waals surface area contributed by atoms with Crippen molar-refractivity contribution >= 4 is 23.0 Å². The molecule has 0 radical (unpaired) electrons. The number of nitrogens with two attached hydrogens (primary N) is 1. The van der Waals surface area contributed by atoms with E-state index in [9.17, 15) is 0 Å². The molecule has 1 aromatic heterocycles. The van der Waals surface area contributed by atoms with Gasteiger partial charge in [-0.05, 0) is 43.2 Å². The zero-order valence-corrected chi connectivity index (χ0v) is 11.2. The normalized spacial score (nSPS) is 16.6. The Bertz CT molecular complexity index is 438. The number of aryl methyl sites for hydroxylation is 1. The van der Waals surface area contributed by atoms with Gasteiger partial charge in [0.15, 0.2) is 0 Å². The summed E-state index contributed by atoms with van der Waals surface area (Å²) in [4.78, 5) is 4.76. The summed E-state index contributed by atoms with van der Waals surface area (Å²) in [6, 6.07) is 1.94. The molecule has 1 saturated carbocycles. The van der Waals surface area contributed by atoms with Gasteiger partial charge < -0.3 is 11.1 Å². The maximum absolute atomic E-state index is 5.75. The van der Waals surface area contributed by atoms with Crippen LogP contribution >= 0.6 is 12.2 Å². The van der Waals surface area contributed by atoms with Gasteiger partial charge in [-0.25, -0.2) is 4.98 Å². The van der Waals surface area contributed by atoms with Gasteiger partial charge in [0.2, 0.25) is 0 Å². The van der Waals surface area contributed by atoms with Crippen molar-refractivity contribution in [3.63, 3.8) is 0 Å². The van der Waals surface area contributed by atoms with E-state index in [-0.39, 0.29) is 0 Å². The number of nitrogens with zero attached hydrogens (tertiary/aromatic N) is 1. The van der Waals surface area contributed by atoms with Gasteiger partial charge >= 0.3 is 0 Å². The Morgan fingerprint density at radius 3 is 2.82 bits per heavy atom. The lowest BCUT2D eigenvalue weighted by molar-refractivity contribution is 0.520. The molecule has 4 heteroatoms. The van der Waals surface area contributed by atoms with Crippen molar-refractivity contribution < 1.29 is 0 Å². The molecule has 1 heterocycles. The average Bonchev–Trinajstić information content (AvgIpc) is 3.06. The molecule has 0 amide bonds. The Kier molecular flexibility index (Phi) is 3.33. The largest absolute Gasteiger partial charge is 0.389 e. The number of nitrogens with one attached hydrogen (secondary N) is 1. The predicted molar refractivity (Wildman–Crippen MR) is 75.3 cm³/mol. The minimum absolute atomic E-state index is 0.416. The molecule has 92 valence electrons. The van der Waals surface area contributed by atoms with Gasteiger partial charge in [-0.15, -0.1) is 0 Å². The first-order valence-corrected chi connectivity index (χ1v) is 6.48. The summed E-state index contributed by atoms with van der Waals surface area (Å²) < 4.78 is 0. The smallest absolute Gasteiger partial charge is 0.136 e. The van der Waals surface area contributed by atoms with Crippen molar-refractivity contribution in [1.29, 1.82) is 0 Å². The van der Waals surface area contributed by atoms with Crippen molar-refractivity contribution in [2.24, 2.45) is 11.1 Å². The SMILES string of the molecule is CCC1(CNc2nccc(C)c2C(N)=S)CC1. The Labute approximate surface area is 108 Å². The van der Waals surface area contributed by atoms with E-state index in [1.165, 1.54) is 19.3 Å². The summed E-state index contributed by atoms with van der Waals surface area (Å²) in [5.41, 5.74) is 8.20. The maximum atomic E-state index is 5.75. The van der Waals surface area contributed by atoms with E-state index in [0.29, 0.717) is 10.4 Å². The van der Waals surface area contributed by atoms with Crippen LogP contribution in [-0.2, 0) is 0 Å². The van der Waals surface area contributed by atoms with E-state index < -0.39 is 0 Å². The maximum Gasteiger partial charge on any atom is 0.136 e. The number of anilines is 1. The second-order valence-electron chi connectivity index (χ2n) is 4.92. The topological polar surface area (TPSA) is 50.9 Å². The molecule has 1 fully saturated rings. The molecular formula is C13H19N3S. The summed E-state index contributed by atoms with van der Waals surface area (Å²) in [5, 5.41) is 3.41. The molecule has 17 heavy (non-hydrogen) atoms. The van der Waals surface area contributed by atoms with Crippen molar-refractivity contribution in [2.75, 3.05) is 11.9 Å². The predicted octanol–water partition coefficient (Wildman–Crippen LogP) is 2.63. The zero-order chi connectivity index (χ0) is 12.5. The molecule has 2 rings (SSSR count). The van der Waals surface area contributed by atoms with Gasteiger partial charge in [0, 0.05) is 12.7 Å². The number of hydrogen-bond acceptors (Lipinski definition) is 3. The number of rotatable bonds is 5. The van der Waals surface area contributed by atoms with Gasteiger partial charge in [-0.2, -0.15) is 0 Å². The zero-order valence-electron chi connectivity index (χ0n) is 10.4. The minimum Gasteiger partial charge on any atom is -0.389 e. The fourth-order valence-corrected chi connectivity index (χ4v) is 2.36. The number of aromatic nitrogens is 1. The van der Waals surface area contributed by atoms with Crippen LogP contribution in [0.2, 0.25) is 0 Å². The van der Waals surface area contributed by atoms with Crippen molar-refractivity contribution in [3.8, 4) is 0 Å². The molecule has 0 bridgehead atoms. The molecular weight excluding hydrogens is 230 g/mol. The van der Waals surface area contributed by atoms with E-state index in [4.69, 9.17) is 18.0 Å². The van der Waals surface area contributed by atoms with Crippen LogP contribution in [0.3, 0.4) is 0 Å². The molecule has 0 spiro atoms. The molecule has 1 aliphatic carbocycles. The number of hydrogen-bond donors (Lipinski definition) is 2. The molecule has 3 N–H and O–H groups in total. The van der Waals surface area contributed by atoms with E-state index >= 15 is 0 Å². The Hall–Kier alpha value is -1.16. The van der Waals surface area contributed by atoms with Gasteiger partial charge in [0.1, 0.15) is 10.8 Å². The van der Waals surface area contributed by atoms with Gasteiger partial charge in [0.25, 0.3) is 0 Å². The lowest BCUT2D eigenvalue weighted by Gasteiger charge is -2.16. The quantitative estimate of drug-likeness (QED) is 0.788. The van der Waals surface area contributed by atoms with Crippen molar-refractivity contribution in [1.82, 2.24) is 4.98 Å². The van der Waals surface area contributed by atoms with E-state index in [0.717, 1.165) is 23.5 Å². The fraction of sp³-hybridized carbons (Fsp3) is 0.538. The first-order valence-electron chi connectivity index (χ1n) is 6.07. The molecule has 0 aromatic carbocycles. The lowest BCUT2D eigenvalue weighted by atomic mass is 10.0. The van der Waals surface area contributed by atoms with Gasteiger partial charge in [-0.1, -0.05) is 19.1 Å². The van der Waals surface area contributed by atoms with Crippen LogP contribution in [0.15, 0.2) is 12.3 Å². The van der Waals surface area contributed by atoms with Crippen molar-refractivity contribution in [2.45, 2.75) is 33.1 Å². The minimum atomic E-state index is 0.416. The van der Waals surface area contributed by atoms with E-state index in [1.807, 2.05) is 13.0 Å². The van der Waals surface area contributed by atoms with Gasteiger partial charge in [-0.3, -0.25) is 0 Å². The number of thiocarbonyl (C=S) groups is 1. The highest BCUT2D eigenvalue weighted by Crippen LogP contribution is 2.48. The summed E-state index contributed by atoms with van der Waals surface area (Å²) in [7, 11) is 0. The third-order valence-electron chi connectivity index (χ3n) is 3.74. The average molecular weight is 249 g/mol. The standard InChI is InChI=1S/C13H19N3S/c1-3-13(5-6-13)8-16-12-10(11(14)17)9(2)4-7-15-12/h4,7H,3,5-6,8H2,1-2H3,(H2,14,17)(H,15,16). The first kappa shape index (κ1) is 12.3. The Balaban J connectivity index is 2.15. The highest BCUT2D eigenvalue weighted by atomic mass is 32.1. The Morgan fingerprint density at radius 1 is 1.59 bits per heavy atom. The molecule has 3 nitrogen and oxygen atoms in total. The summed E-state index contributed by atoms with van der Waals surface area (Å²) >= 11 is 5.09. The van der Waals surface area contributed by atoms with Gasteiger partial charge in [0.05, 0.1) is 5.56 Å². The van der Waals surface area contributed by atoms with Crippen LogP contribution in [0, 0.1) is 12.3 Å². The highest BCUT2D eigenvalue weighted by Gasteiger charge is 2.40. The van der Waals surface area contributed by atoms with Crippen LogP contribution in [0.25, 0.3) is 0 Å². The summed E-state index contributed by atoms with van der Waals surface area (Å²) in [6.07, 6.45) is 5.63. The number of pyridine rings is 1. The van der Waals surface area contributed by atoms with Crippen LogP contribution in [0.5, 0.6) is 0 Å². The molecule has 0 aliphatic heterocycles. The van der Waals surface area contributed by atoms with Crippen molar-refractivity contribution in [3.05, 3.63) is 23.4 Å². The lowest BCUT2D eigenvalue weighted by Crippen LogP contribution is -2.20. The molecule has 1 aromatic rings. The third-order valence-corrected chi connectivity index (χ3v) is 3.95. The molecule has 1 aliphatic rings. The third kappa shape index (κ3) is 2.57. The van der Waals surface area contributed by atoms with E-state index in [2.05, 4.69) is 17.2 Å².